The molecule has 0 atom stereocenters. The zero-order valence-electron chi connectivity index (χ0n) is 12.4. The first-order valence-electron chi connectivity index (χ1n) is 6.86. The first-order valence-corrected chi connectivity index (χ1v) is 7.66. The molecule has 0 spiro atoms. The quantitative estimate of drug-likeness (QED) is 0.868. The third-order valence-corrected chi connectivity index (χ3v) is 3.97. The molecule has 22 heavy (non-hydrogen) atoms. The van der Waals surface area contributed by atoms with Crippen molar-refractivity contribution >= 4 is 39.1 Å². The molecule has 0 fully saturated rings. The van der Waals surface area contributed by atoms with Crippen molar-refractivity contribution in [3.8, 4) is 0 Å². The van der Waals surface area contributed by atoms with Crippen LogP contribution in [0.4, 0.5) is 11.4 Å². The van der Waals surface area contributed by atoms with Gasteiger partial charge >= 0.3 is 0 Å². The molecule has 2 aromatic rings. The average Bonchev–Trinajstić information content (AvgIpc) is 2.44. The number of rotatable bonds is 4. The van der Waals surface area contributed by atoms with Crippen molar-refractivity contribution in [1.29, 1.82) is 0 Å². The minimum Gasteiger partial charge on any atom is -0.326 e. The van der Waals surface area contributed by atoms with Crippen LogP contribution in [0.3, 0.4) is 0 Å². The van der Waals surface area contributed by atoms with E-state index in [0.717, 1.165) is 27.0 Å². The van der Waals surface area contributed by atoms with Crippen molar-refractivity contribution in [2.75, 3.05) is 10.6 Å². The number of aryl methyl sites for hydroxylation is 1. The highest BCUT2D eigenvalue weighted by Gasteiger charge is 2.06. The van der Waals surface area contributed by atoms with E-state index in [-0.39, 0.29) is 18.2 Å². The van der Waals surface area contributed by atoms with Crippen LogP contribution < -0.4 is 10.6 Å². The molecule has 4 nitrogen and oxygen atoms in total. The number of benzene rings is 2. The molecule has 0 aromatic heterocycles. The van der Waals surface area contributed by atoms with Gasteiger partial charge in [0.15, 0.2) is 0 Å². The third kappa shape index (κ3) is 4.70. The van der Waals surface area contributed by atoms with Gasteiger partial charge < -0.3 is 10.6 Å². The lowest BCUT2D eigenvalue weighted by atomic mass is 10.1. The summed E-state index contributed by atoms with van der Waals surface area (Å²) < 4.78 is 1.01. The van der Waals surface area contributed by atoms with E-state index in [1.807, 2.05) is 37.3 Å². The molecule has 0 heterocycles. The summed E-state index contributed by atoms with van der Waals surface area (Å²) in [4.78, 5) is 23.0. The van der Waals surface area contributed by atoms with Crippen LogP contribution in [0.25, 0.3) is 0 Å². The molecule has 0 aliphatic carbocycles. The molecular formula is C17H17BrN2O2. The highest BCUT2D eigenvalue weighted by Crippen LogP contribution is 2.20. The van der Waals surface area contributed by atoms with Gasteiger partial charge in [-0.3, -0.25) is 9.59 Å². The van der Waals surface area contributed by atoms with Crippen LogP contribution in [0, 0.1) is 6.92 Å². The first-order chi connectivity index (χ1) is 10.4. The van der Waals surface area contributed by atoms with Gasteiger partial charge in [-0.1, -0.05) is 28.1 Å². The minimum atomic E-state index is -0.115. The van der Waals surface area contributed by atoms with Crippen LogP contribution in [-0.2, 0) is 16.0 Å². The fourth-order valence-corrected chi connectivity index (χ4v) is 2.27. The highest BCUT2D eigenvalue weighted by atomic mass is 79.9. The van der Waals surface area contributed by atoms with Gasteiger partial charge in [0.05, 0.1) is 6.42 Å². The van der Waals surface area contributed by atoms with Crippen LogP contribution in [0.1, 0.15) is 18.1 Å². The molecule has 114 valence electrons. The average molecular weight is 361 g/mol. The Hall–Kier alpha value is -2.14. The summed E-state index contributed by atoms with van der Waals surface area (Å²) >= 11 is 3.43. The fraction of sp³-hybridized carbons (Fsp3) is 0.176. The summed E-state index contributed by atoms with van der Waals surface area (Å²) in [5, 5.41) is 5.57. The highest BCUT2D eigenvalue weighted by molar-refractivity contribution is 9.10. The summed E-state index contributed by atoms with van der Waals surface area (Å²) in [5.41, 5.74) is 3.46. The van der Waals surface area contributed by atoms with E-state index in [9.17, 15) is 9.59 Å². The zero-order chi connectivity index (χ0) is 16.1. The summed E-state index contributed by atoms with van der Waals surface area (Å²) in [5.74, 6) is -0.190. The molecule has 0 aliphatic rings. The van der Waals surface area contributed by atoms with Crippen molar-refractivity contribution in [2.24, 2.45) is 0 Å². The number of carbonyl (C=O) groups is 2. The molecule has 0 saturated heterocycles. The molecule has 0 saturated carbocycles. The van der Waals surface area contributed by atoms with E-state index in [2.05, 4.69) is 26.6 Å². The maximum absolute atomic E-state index is 12.0. The first kappa shape index (κ1) is 16.2. The molecule has 0 radical (unpaired) electrons. The summed E-state index contributed by atoms with van der Waals surface area (Å²) in [6.07, 6.45) is 0.287. The van der Waals surface area contributed by atoms with E-state index in [4.69, 9.17) is 0 Å². The number of carbonyl (C=O) groups excluding carboxylic acids is 2. The Bertz CT molecular complexity index is 696. The normalized spacial score (nSPS) is 10.1. The van der Waals surface area contributed by atoms with Crippen molar-refractivity contribution in [3.63, 3.8) is 0 Å². The lowest BCUT2D eigenvalue weighted by Crippen LogP contribution is -2.14. The lowest BCUT2D eigenvalue weighted by molar-refractivity contribution is -0.116. The van der Waals surface area contributed by atoms with E-state index < -0.39 is 0 Å². The third-order valence-electron chi connectivity index (χ3n) is 3.08. The predicted molar refractivity (Wildman–Crippen MR) is 92.0 cm³/mol. The molecule has 2 amide bonds. The molecule has 0 unspecified atom stereocenters. The number of anilines is 2. The zero-order valence-corrected chi connectivity index (χ0v) is 14.0. The summed E-state index contributed by atoms with van der Waals surface area (Å²) in [6, 6.07) is 12.9. The van der Waals surface area contributed by atoms with Crippen molar-refractivity contribution in [2.45, 2.75) is 20.3 Å². The Kier molecular flexibility index (Phi) is 5.33. The Morgan fingerprint density at radius 3 is 2.23 bits per heavy atom. The van der Waals surface area contributed by atoms with Crippen molar-refractivity contribution < 1.29 is 9.59 Å². The van der Waals surface area contributed by atoms with Gasteiger partial charge in [0.25, 0.3) is 0 Å². The second-order valence-corrected chi connectivity index (χ2v) is 5.92. The molecular weight excluding hydrogens is 344 g/mol. The van der Waals surface area contributed by atoms with Gasteiger partial charge in [-0.05, 0) is 48.4 Å². The van der Waals surface area contributed by atoms with E-state index in [1.165, 1.54) is 6.92 Å². The smallest absolute Gasteiger partial charge is 0.228 e. The number of amides is 2. The Morgan fingerprint density at radius 1 is 1.00 bits per heavy atom. The van der Waals surface area contributed by atoms with Gasteiger partial charge in [0.2, 0.25) is 11.8 Å². The molecule has 0 aliphatic heterocycles. The number of halogens is 1. The molecule has 2 aromatic carbocycles. The molecule has 5 heteroatoms. The number of hydrogen-bond donors (Lipinski definition) is 2. The standard InChI is InChI=1S/C17H17BrN2O2/c1-11-9-15(7-8-16(11)18)20-17(22)10-13-3-5-14(6-4-13)19-12(2)21/h3-9H,10H2,1-2H3,(H,19,21)(H,20,22). The molecule has 2 N–H and O–H groups in total. The Balaban J connectivity index is 1.96. The van der Waals surface area contributed by atoms with Gasteiger partial charge in [-0.2, -0.15) is 0 Å². The topological polar surface area (TPSA) is 58.2 Å². The van der Waals surface area contributed by atoms with Crippen LogP contribution in [0.15, 0.2) is 46.9 Å². The fourth-order valence-electron chi connectivity index (χ4n) is 2.02. The van der Waals surface area contributed by atoms with Crippen molar-refractivity contribution in [3.05, 3.63) is 58.1 Å². The van der Waals surface area contributed by atoms with E-state index >= 15 is 0 Å². The monoisotopic (exact) mass is 360 g/mol. The second-order valence-electron chi connectivity index (χ2n) is 5.07. The Morgan fingerprint density at radius 2 is 1.64 bits per heavy atom. The number of nitrogens with one attached hydrogen (secondary N) is 2. The summed E-state index contributed by atoms with van der Waals surface area (Å²) in [7, 11) is 0. The van der Waals surface area contributed by atoms with E-state index in [0.29, 0.717) is 0 Å². The minimum absolute atomic E-state index is 0.0750. The van der Waals surface area contributed by atoms with Gasteiger partial charge in [0.1, 0.15) is 0 Å². The predicted octanol–water partition coefficient (Wildman–Crippen LogP) is 3.90. The number of hydrogen-bond acceptors (Lipinski definition) is 2. The lowest BCUT2D eigenvalue weighted by Gasteiger charge is -2.08. The van der Waals surface area contributed by atoms with E-state index in [1.54, 1.807) is 12.1 Å². The largest absolute Gasteiger partial charge is 0.326 e. The van der Waals surface area contributed by atoms with Crippen molar-refractivity contribution in [1.82, 2.24) is 0 Å². The van der Waals surface area contributed by atoms with Gasteiger partial charge in [-0.15, -0.1) is 0 Å². The summed E-state index contributed by atoms with van der Waals surface area (Å²) in [6.45, 7) is 3.43. The second kappa shape index (κ2) is 7.22. The molecule has 0 bridgehead atoms. The van der Waals surface area contributed by atoms with Crippen LogP contribution in [0.2, 0.25) is 0 Å². The molecule has 2 rings (SSSR count). The SMILES string of the molecule is CC(=O)Nc1ccc(CC(=O)Nc2ccc(Br)c(C)c2)cc1. The Labute approximate surface area is 138 Å². The van der Waals surface area contributed by atoms with Crippen LogP contribution in [0.5, 0.6) is 0 Å². The maximum Gasteiger partial charge on any atom is 0.228 e. The van der Waals surface area contributed by atoms with Gasteiger partial charge in [0, 0.05) is 22.8 Å². The van der Waals surface area contributed by atoms with Crippen LogP contribution in [-0.4, -0.2) is 11.8 Å². The van der Waals surface area contributed by atoms with Crippen LogP contribution >= 0.6 is 15.9 Å². The van der Waals surface area contributed by atoms with Gasteiger partial charge in [-0.25, -0.2) is 0 Å². The maximum atomic E-state index is 12.0.